The first-order valence-corrected chi connectivity index (χ1v) is 17.7. The van der Waals surface area contributed by atoms with Crippen LogP contribution in [0.3, 0.4) is 0 Å². The van der Waals surface area contributed by atoms with Crippen molar-refractivity contribution in [2.45, 2.75) is 0 Å². The van der Waals surface area contributed by atoms with Gasteiger partial charge in [-0.25, -0.2) is 15.0 Å². The number of fused-ring (bicyclic) bond motifs is 9. The van der Waals surface area contributed by atoms with E-state index in [1.165, 1.54) is 21.5 Å². The molecule has 0 aliphatic rings. The Kier molecular flexibility index (Phi) is 6.48. The summed E-state index contributed by atoms with van der Waals surface area (Å²) in [6.07, 6.45) is 1.87. The van der Waals surface area contributed by atoms with Gasteiger partial charge in [-0.1, -0.05) is 146 Å². The molecule has 0 saturated carbocycles. The molecule has 246 valence electrons. The Hall–Kier alpha value is -7.24. The molecule has 0 aliphatic carbocycles. The van der Waals surface area contributed by atoms with Crippen LogP contribution in [0.5, 0.6) is 0 Å². The van der Waals surface area contributed by atoms with Crippen LogP contribution >= 0.6 is 0 Å². The number of benzene rings is 8. The van der Waals surface area contributed by atoms with E-state index >= 15 is 0 Å². The third-order valence-corrected chi connectivity index (χ3v) is 10.4. The average Bonchev–Trinajstić information content (AvgIpc) is 3.62. The van der Waals surface area contributed by atoms with E-state index in [0.29, 0.717) is 17.5 Å². The van der Waals surface area contributed by atoms with Crippen molar-refractivity contribution in [1.82, 2.24) is 19.9 Å². The number of nitrogens with zero attached hydrogens (tertiary/aromatic N) is 4. The number of aromatic nitrogens is 4. The van der Waals surface area contributed by atoms with Gasteiger partial charge in [0, 0.05) is 33.5 Å². The standard InChI is InChI=1S/C48H28N4O/c1-2-12-31(13-3-1)46-50-47(52-48(51-46)45-38-26-25-30-24-23-29-11-4-5-14-32(29)43(30)37(38)27-28-49-45)39-20-9-16-33-34(17-8-18-35(33)39)36-19-10-22-42-44(36)40-15-6-7-21-41(40)53-42/h1-28H. The molecule has 5 nitrogen and oxygen atoms in total. The van der Waals surface area contributed by atoms with Crippen LogP contribution in [-0.4, -0.2) is 19.9 Å². The van der Waals surface area contributed by atoms with Crippen molar-refractivity contribution in [1.29, 1.82) is 0 Å². The van der Waals surface area contributed by atoms with Crippen LogP contribution in [0.4, 0.5) is 0 Å². The maximum Gasteiger partial charge on any atom is 0.183 e. The highest BCUT2D eigenvalue weighted by Crippen LogP contribution is 2.41. The summed E-state index contributed by atoms with van der Waals surface area (Å²) >= 11 is 0. The van der Waals surface area contributed by atoms with E-state index in [4.69, 9.17) is 24.4 Å². The molecule has 53 heavy (non-hydrogen) atoms. The van der Waals surface area contributed by atoms with Gasteiger partial charge in [-0.3, -0.25) is 4.98 Å². The molecule has 0 radical (unpaired) electrons. The molecule has 0 bridgehead atoms. The normalized spacial score (nSPS) is 11.8. The van der Waals surface area contributed by atoms with Crippen molar-refractivity contribution in [3.8, 4) is 45.4 Å². The molecule has 0 N–H and O–H groups in total. The summed E-state index contributed by atoms with van der Waals surface area (Å²) in [6.45, 7) is 0. The summed E-state index contributed by atoms with van der Waals surface area (Å²) in [5.74, 6) is 1.72. The molecule has 3 aromatic heterocycles. The first-order chi connectivity index (χ1) is 26.3. The lowest BCUT2D eigenvalue weighted by molar-refractivity contribution is 0.669. The van der Waals surface area contributed by atoms with Crippen molar-refractivity contribution < 1.29 is 4.42 Å². The van der Waals surface area contributed by atoms with Gasteiger partial charge in [0.1, 0.15) is 16.9 Å². The number of rotatable bonds is 4. The fourth-order valence-corrected chi connectivity index (χ4v) is 8.00. The Morgan fingerprint density at radius 1 is 0.340 bits per heavy atom. The van der Waals surface area contributed by atoms with Gasteiger partial charge in [0.2, 0.25) is 0 Å². The zero-order valence-electron chi connectivity index (χ0n) is 28.4. The van der Waals surface area contributed by atoms with E-state index in [0.717, 1.165) is 71.4 Å². The highest BCUT2D eigenvalue weighted by atomic mass is 16.3. The SMILES string of the molecule is c1ccc(-c2nc(-c3cccc4c(-c5cccc6oc7ccccc7c56)cccc34)nc(-c3nccc4c3ccc3ccc5ccccc5c34)n2)cc1. The van der Waals surface area contributed by atoms with Gasteiger partial charge < -0.3 is 4.42 Å². The predicted octanol–water partition coefficient (Wildman–Crippen LogP) is 12.4. The van der Waals surface area contributed by atoms with Crippen molar-refractivity contribution in [2.75, 3.05) is 0 Å². The number of hydrogen-bond donors (Lipinski definition) is 0. The molecule has 0 amide bonds. The van der Waals surface area contributed by atoms with Crippen molar-refractivity contribution in [3.63, 3.8) is 0 Å². The van der Waals surface area contributed by atoms with Gasteiger partial charge in [-0.15, -0.1) is 0 Å². The van der Waals surface area contributed by atoms with Gasteiger partial charge in [-0.2, -0.15) is 0 Å². The molecular weight excluding hydrogens is 649 g/mol. The Balaban J connectivity index is 1.16. The Morgan fingerprint density at radius 3 is 1.89 bits per heavy atom. The molecule has 0 fully saturated rings. The molecule has 0 saturated heterocycles. The molecule has 5 heteroatoms. The van der Waals surface area contributed by atoms with Crippen LogP contribution in [0.1, 0.15) is 0 Å². The minimum Gasteiger partial charge on any atom is -0.456 e. The summed E-state index contributed by atoms with van der Waals surface area (Å²) < 4.78 is 6.27. The second-order valence-corrected chi connectivity index (χ2v) is 13.4. The Labute approximate surface area is 303 Å². The molecule has 0 aliphatic heterocycles. The third-order valence-electron chi connectivity index (χ3n) is 10.4. The summed E-state index contributed by atoms with van der Waals surface area (Å²) in [6, 6.07) is 56.8. The number of para-hydroxylation sites is 1. The fraction of sp³-hybridized carbons (Fsp3) is 0. The fourth-order valence-electron chi connectivity index (χ4n) is 8.00. The van der Waals surface area contributed by atoms with Gasteiger partial charge in [0.05, 0.1) is 0 Å². The zero-order chi connectivity index (χ0) is 34.9. The quantitative estimate of drug-likeness (QED) is 0.174. The van der Waals surface area contributed by atoms with Crippen LogP contribution in [-0.2, 0) is 0 Å². The van der Waals surface area contributed by atoms with Gasteiger partial charge >= 0.3 is 0 Å². The first kappa shape index (κ1) is 29.5. The summed E-state index contributed by atoms with van der Waals surface area (Å²) in [4.78, 5) is 20.4. The van der Waals surface area contributed by atoms with E-state index in [2.05, 4.69) is 115 Å². The maximum atomic E-state index is 6.27. The minimum atomic E-state index is 0.529. The molecule has 11 aromatic rings. The first-order valence-electron chi connectivity index (χ1n) is 17.7. The highest BCUT2D eigenvalue weighted by Gasteiger charge is 2.20. The summed E-state index contributed by atoms with van der Waals surface area (Å²) in [5.41, 5.74) is 6.54. The monoisotopic (exact) mass is 676 g/mol. The molecular formula is C48H28N4O. The molecule has 8 aromatic carbocycles. The lowest BCUT2D eigenvalue weighted by atomic mass is 9.93. The zero-order valence-corrected chi connectivity index (χ0v) is 28.4. The van der Waals surface area contributed by atoms with Gasteiger partial charge in [0.15, 0.2) is 17.5 Å². The Bertz CT molecular complexity index is 3240. The lowest BCUT2D eigenvalue weighted by Gasteiger charge is -2.14. The van der Waals surface area contributed by atoms with E-state index in [9.17, 15) is 0 Å². The largest absolute Gasteiger partial charge is 0.456 e. The molecule has 0 spiro atoms. The molecule has 11 rings (SSSR count). The van der Waals surface area contributed by atoms with Crippen molar-refractivity contribution >= 4 is 65.0 Å². The van der Waals surface area contributed by atoms with Crippen LogP contribution in [0, 0.1) is 0 Å². The number of furan rings is 1. The van der Waals surface area contributed by atoms with Crippen LogP contribution in [0.15, 0.2) is 174 Å². The smallest absolute Gasteiger partial charge is 0.183 e. The predicted molar refractivity (Wildman–Crippen MR) is 217 cm³/mol. The summed E-state index contributed by atoms with van der Waals surface area (Å²) in [7, 11) is 0. The van der Waals surface area contributed by atoms with Crippen LogP contribution in [0.2, 0.25) is 0 Å². The number of hydrogen-bond acceptors (Lipinski definition) is 5. The van der Waals surface area contributed by atoms with E-state index in [1.807, 2.05) is 54.7 Å². The third kappa shape index (κ3) is 4.64. The molecule has 0 unspecified atom stereocenters. The second-order valence-electron chi connectivity index (χ2n) is 13.4. The average molecular weight is 677 g/mol. The number of pyridine rings is 1. The second kappa shape index (κ2) is 11.7. The molecule has 3 heterocycles. The van der Waals surface area contributed by atoms with E-state index in [-0.39, 0.29) is 0 Å². The highest BCUT2D eigenvalue weighted by molar-refractivity contribution is 6.22. The molecule has 0 atom stereocenters. The van der Waals surface area contributed by atoms with Crippen molar-refractivity contribution in [2.24, 2.45) is 0 Å². The summed E-state index contributed by atoms with van der Waals surface area (Å²) in [5, 5.41) is 11.3. The van der Waals surface area contributed by atoms with Gasteiger partial charge in [-0.05, 0) is 67.0 Å². The Morgan fingerprint density at radius 2 is 0.981 bits per heavy atom. The van der Waals surface area contributed by atoms with Crippen LogP contribution < -0.4 is 0 Å². The topological polar surface area (TPSA) is 64.7 Å². The van der Waals surface area contributed by atoms with E-state index < -0.39 is 0 Å². The van der Waals surface area contributed by atoms with E-state index in [1.54, 1.807) is 0 Å². The van der Waals surface area contributed by atoms with Crippen LogP contribution in [0.25, 0.3) is 110 Å². The maximum absolute atomic E-state index is 6.27. The van der Waals surface area contributed by atoms with Gasteiger partial charge in [0.25, 0.3) is 0 Å². The van der Waals surface area contributed by atoms with Crippen molar-refractivity contribution in [3.05, 3.63) is 170 Å². The minimum absolute atomic E-state index is 0.529. The lowest BCUT2D eigenvalue weighted by Crippen LogP contribution is -2.02.